The van der Waals surface area contributed by atoms with Crippen molar-refractivity contribution in [3.05, 3.63) is 21.2 Å². The molecule has 2 bridgehead atoms. The van der Waals surface area contributed by atoms with E-state index in [1.807, 2.05) is 0 Å². The zero-order chi connectivity index (χ0) is 14.5. The summed E-state index contributed by atoms with van der Waals surface area (Å²) in [5.74, 6) is -0.643. The fraction of sp³-hybridized carbons (Fsp3) is 0.400. The van der Waals surface area contributed by atoms with Gasteiger partial charge in [-0.1, -0.05) is 46.4 Å². The highest BCUT2D eigenvalue weighted by atomic mass is 35.5. The molecule has 0 spiro atoms. The molecule has 0 amide bonds. The third-order valence-electron chi connectivity index (χ3n) is 3.68. The topological polar surface area (TPSA) is 45.4 Å². The number of hydrogen-bond acceptors (Lipinski definition) is 2. The first kappa shape index (κ1) is 14.3. The quantitative estimate of drug-likeness (QED) is 0.660. The molecule has 2 aliphatic rings. The average molecular weight is 384 g/mol. The number of nitrogens with zero attached hydrogens (tertiary/aromatic N) is 1. The van der Waals surface area contributed by atoms with Crippen molar-refractivity contribution in [2.75, 3.05) is 0 Å². The van der Waals surface area contributed by atoms with Gasteiger partial charge in [-0.2, -0.15) is 0 Å². The molecule has 0 aromatic carbocycles. The van der Waals surface area contributed by atoms with Crippen LogP contribution in [-0.4, -0.2) is 19.1 Å². The van der Waals surface area contributed by atoms with Crippen LogP contribution >= 0.6 is 69.6 Å². The molecule has 1 aromatic heterocycles. The second-order valence-corrected chi connectivity index (χ2v) is 7.69. The smallest absolute Gasteiger partial charge is 0.199 e. The van der Waals surface area contributed by atoms with Crippen molar-refractivity contribution >= 4 is 69.6 Å². The molecular formula is C10H5Cl6NO2. The van der Waals surface area contributed by atoms with Gasteiger partial charge in [-0.3, -0.25) is 4.57 Å². The highest BCUT2D eigenvalue weighted by Crippen LogP contribution is 2.80. The summed E-state index contributed by atoms with van der Waals surface area (Å²) in [5.41, 5.74) is 0.145. The predicted molar refractivity (Wildman–Crippen MR) is 77.0 cm³/mol. The molecule has 0 radical (unpaired) electrons. The van der Waals surface area contributed by atoms with Crippen LogP contribution in [0, 0.1) is 0 Å². The van der Waals surface area contributed by atoms with Gasteiger partial charge < -0.3 is 10.2 Å². The largest absolute Gasteiger partial charge is 0.494 e. The number of aromatic nitrogens is 1. The van der Waals surface area contributed by atoms with Crippen molar-refractivity contribution in [2.24, 2.45) is 7.05 Å². The summed E-state index contributed by atoms with van der Waals surface area (Å²) in [7, 11) is 1.43. The normalized spacial score (nSPS) is 35.1. The van der Waals surface area contributed by atoms with Crippen LogP contribution in [0.15, 0.2) is 10.1 Å². The zero-order valence-corrected chi connectivity index (χ0v) is 13.6. The van der Waals surface area contributed by atoms with Crippen LogP contribution in [-0.2, 0) is 16.8 Å². The van der Waals surface area contributed by atoms with Crippen molar-refractivity contribution in [1.82, 2.24) is 4.57 Å². The molecule has 0 fully saturated rings. The van der Waals surface area contributed by atoms with Gasteiger partial charge in [0.15, 0.2) is 16.1 Å². The molecule has 9 heteroatoms. The number of rotatable bonds is 0. The second kappa shape index (κ2) is 3.57. The summed E-state index contributed by atoms with van der Waals surface area (Å²) in [6.45, 7) is 0. The molecule has 0 saturated carbocycles. The summed E-state index contributed by atoms with van der Waals surface area (Å²) in [6, 6.07) is 0. The number of hydrogen-bond donors (Lipinski definition) is 2. The van der Waals surface area contributed by atoms with Crippen LogP contribution in [0.2, 0.25) is 0 Å². The standard InChI is InChI=1S/C10H5Cl6NO2/c1-17-6(18)2-3(7(17)19)9(14)5(12)4(11)8(2,13)10(9,15)16/h18-19H,1H3. The van der Waals surface area contributed by atoms with Crippen LogP contribution in [0.3, 0.4) is 0 Å². The van der Waals surface area contributed by atoms with Crippen molar-refractivity contribution < 1.29 is 10.2 Å². The highest BCUT2D eigenvalue weighted by molar-refractivity contribution is 6.65. The van der Waals surface area contributed by atoms with Gasteiger partial charge in [0.1, 0.15) is 9.75 Å². The number of allylic oxidation sites excluding steroid dienone is 2. The van der Waals surface area contributed by atoms with Gasteiger partial charge in [-0.25, -0.2) is 0 Å². The Bertz CT molecular complexity index is 614. The summed E-state index contributed by atoms with van der Waals surface area (Å²) in [5, 5.41) is 20.1. The molecule has 1 heterocycles. The molecule has 2 atom stereocenters. The Morgan fingerprint density at radius 2 is 1.16 bits per heavy atom. The molecule has 0 saturated heterocycles. The third-order valence-corrected chi connectivity index (χ3v) is 7.76. The SMILES string of the molecule is Cn1c(O)c2c(c1O)C1(Cl)C(Cl)=C(Cl)C2(Cl)C1(Cl)Cl. The molecule has 3 rings (SSSR count). The molecular weight excluding hydrogens is 379 g/mol. The molecule has 2 N–H and O–H groups in total. The lowest BCUT2D eigenvalue weighted by Crippen LogP contribution is -2.40. The van der Waals surface area contributed by atoms with Gasteiger partial charge in [0, 0.05) is 7.05 Å². The first-order valence-electron chi connectivity index (χ1n) is 4.98. The number of halogens is 6. The van der Waals surface area contributed by atoms with Crippen LogP contribution in [0.25, 0.3) is 0 Å². The molecule has 1 aromatic rings. The maximum atomic E-state index is 10.1. The van der Waals surface area contributed by atoms with Crippen LogP contribution in [0.5, 0.6) is 11.8 Å². The Morgan fingerprint density at radius 1 is 0.842 bits per heavy atom. The minimum atomic E-state index is -1.84. The van der Waals surface area contributed by atoms with Gasteiger partial charge in [0.05, 0.1) is 21.2 Å². The molecule has 2 unspecified atom stereocenters. The Hall–Kier alpha value is 0.360. The maximum absolute atomic E-state index is 10.1. The summed E-state index contributed by atoms with van der Waals surface area (Å²) >= 11 is 37.6. The van der Waals surface area contributed by atoms with Crippen molar-refractivity contribution in [2.45, 2.75) is 14.1 Å². The minimum Gasteiger partial charge on any atom is -0.494 e. The fourth-order valence-corrected chi connectivity index (χ4v) is 5.34. The highest BCUT2D eigenvalue weighted by Gasteiger charge is 2.79. The minimum absolute atomic E-state index is 0.0655. The second-order valence-electron chi connectivity index (χ2n) is 4.48. The lowest BCUT2D eigenvalue weighted by Gasteiger charge is -2.32. The molecule has 104 valence electrons. The van der Waals surface area contributed by atoms with E-state index in [0.29, 0.717) is 0 Å². The van der Waals surface area contributed by atoms with E-state index in [1.165, 1.54) is 7.05 Å². The Kier molecular flexibility index (Phi) is 2.69. The summed E-state index contributed by atoms with van der Waals surface area (Å²) in [4.78, 5) is -3.43. The molecule has 2 aliphatic carbocycles. The van der Waals surface area contributed by atoms with E-state index in [1.54, 1.807) is 0 Å². The van der Waals surface area contributed by atoms with Gasteiger partial charge >= 0.3 is 0 Å². The van der Waals surface area contributed by atoms with Crippen molar-refractivity contribution in [3.8, 4) is 11.8 Å². The monoisotopic (exact) mass is 381 g/mol. The predicted octanol–water partition coefficient (Wildman–Crippen LogP) is 4.19. The van der Waals surface area contributed by atoms with Crippen molar-refractivity contribution in [1.29, 1.82) is 0 Å². The van der Waals surface area contributed by atoms with Crippen LogP contribution < -0.4 is 0 Å². The summed E-state index contributed by atoms with van der Waals surface area (Å²) < 4.78 is -0.743. The molecule has 0 aliphatic heterocycles. The number of aromatic hydroxyl groups is 2. The zero-order valence-electron chi connectivity index (χ0n) is 9.11. The lowest BCUT2D eigenvalue weighted by atomic mass is 10.00. The van der Waals surface area contributed by atoms with Gasteiger partial charge in [-0.15, -0.1) is 23.2 Å². The first-order valence-corrected chi connectivity index (χ1v) is 7.24. The number of alkyl halides is 4. The van der Waals surface area contributed by atoms with Gasteiger partial charge in [0.25, 0.3) is 0 Å². The van der Waals surface area contributed by atoms with Gasteiger partial charge in [0.2, 0.25) is 0 Å². The van der Waals surface area contributed by atoms with E-state index in [0.717, 1.165) is 4.57 Å². The Morgan fingerprint density at radius 3 is 1.47 bits per heavy atom. The van der Waals surface area contributed by atoms with E-state index in [9.17, 15) is 10.2 Å². The fourth-order valence-electron chi connectivity index (χ4n) is 2.66. The first-order chi connectivity index (χ1) is 8.54. The van der Waals surface area contributed by atoms with E-state index in [4.69, 9.17) is 69.6 Å². The van der Waals surface area contributed by atoms with Crippen LogP contribution in [0.1, 0.15) is 11.1 Å². The lowest BCUT2D eigenvalue weighted by molar-refractivity contribution is 0.375. The average Bonchev–Trinajstić information content (AvgIpc) is 2.69. The van der Waals surface area contributed by atoms with E-state index in [2.05, 4.69) is 0 Å². The van der Waals surface area contributed by atoms with E-state index < -0.39 is 14.1 Å². The Balaban J connectivity index is 2.54. The van der Waals surface area contributed by atoms with E-state index >= 15 is 0 Å². The van der Waals surface area contributed by atoms with Gasteiger partial charge in [-0.05, 0) is 0 Å². The summed E-state index contributed by atoms with van der Waals surface area (Å²) in [6.07, 6.45) is 0. The maximum Gasteiger partial charge on any atom is 0.199 e. The van der Waals surface area contributed by atoms with E-state index in [-0.39, 0.29) is 33.0 Å². The number of fused-ring (bicyclic) bond motifs is 5. The van der Waals surface area contributed by atoms with Crippen LogP contribution in [0.4, 0.5) is 0 Å². The Labute approximate surface area is 138 Å². The molecule has 19 heavy (non-hydrogen) atoms. The van der Waals surface area contributed by atoms with Crippen molar-refractivity contribution in [3.63, 3.8) is 0 Å². The molecule has 3 nitrogen and oxygen atoms in total. The third kappa shape index (κ3) is 1.12.